The molecule has 0 aliphatic rings. The predicted molar refractivity (Wildman–Crippen MR) is 116 cm³/mol. The van der Waals surface area contributed by atoms with E-state index in [1.165, 1.54) is 0 Å². The number of benzene rings is 3. The van der Waals surface area contributed by atoms with Crippen molar-refractivity contribution in [1.29, 1.82) is 0 Å². The van der Waals surface area contributed by atoms with E-state index in [2.05, 4.69) is 0 Å². The molecule has 29 heavy (non-hydrogen) atoms. The number of amides is 1. The number of aliphatic hydroxyl groups excluding tert-OH is 1. The lowest BCUT2D eigenvalue weighted by molar-refractivity contribution is -0.129. The zero-order valence-corrected chi connectivity index (χ0v) is 16.8. The van der Waals surface area contributed by atoms with E-state index >= 15 is 0 Å². The monoisotopic (exact) mass is 388 g/mol. The van der Waals surface area contributed by atoms with Gasteiger partial charge in [0.2, 0.25) is 0 Å². The van der Waals surface area contributed by atoms with Crippen molar-refractivity contribution in [1.82, 2.24) is 4.48 Å². The molecule has 0 heterocycles. The first-order valence-corrected chi connectivity index (χ1v) is 9.65. The van der Waals surface area contributed by atoms with E-state index in [1.807, 2.05) is 74.6 Å². The molecule has 1 unspecified atom stereocenters. The minimum Gasteiger partial charge on any atom is -0.388 e. The van der Waals surface area contributed by atoms with Gasteiger partial charge >= 0.3 is 5.91 Å². The second-order valence-corrected chi connectivity index (χ2v) is 7.53. The maximum Gasteiger partial charge on any atom is 0.323 e. The molecule has 0 fully saturated rings. The fourth-order valence-corrected chi connectivity index (χ4v) is 3.50. The number of carbonyl (C=O) groups is 2. The number of likely N-dealkylation sites (N-methyl/N-ethyl adjacent to an activating group) is 1. The molecular weight excluding hydrogens is 362 g/mol. The molecule has 0 saturated carbocycles. The van der Waals surface area contributed by atoms with Gasteiger partial charge in [-0.05, 0) is 30.2 Å². The van der Waals surface area contributed by atoms with E-state index in [4.69, 9.17) is 5.11 Å². The van der Waals surface area contributed by atoms with Gasteiger partial charge in [-0.3, -0.25) is 4.79 Å². The molecule has 3 aromatic rings. The molecule has 1 amide bonds. The topological polar surface area (TPSA) is 54.4 Å². The maximum absolute atomic E-state index is 13.5. The Kier molecular flexibility index (Phi) is 6.37. The van der Waals surface area contributed by atoms with Crippen LogP contribution in [0.25, 0.3) is 0 Å². The van der Waals surface area contributed by atoms with Gasteiger partial charge in [-0.1, -0.05) is 60.7 Å². The summed E-state index contributed by atoms with van der Waals surface area (Å²) in [7, 11) is 1.92. The van der Waals surface area contributed by atoms with Gasteiger partial charge in [-0.25, -0.2) is 9.28 Å². The van der Waals surface area contributed by atoms with Crippen LogP contribution in [0.15, 0.2) is 78.9 Å². The van der Waals surface area contributed by atoms with Crippen molar-refractivity contribution in [3.63, 3.8) is 0 Å². The van der Waals surface area contributed by atoms with Crippen LogP contribution in [-0.2, 0) is 17.8 Å². The number of aliphatic hydroxyl groups is 1. The zero-order chi connectivity index (χ0) is 20.9. The lowest BCUT2D eigenvalue weighted by Gasteiger charge is -2.32. The Morgan fingerprint density at radius 2 is 1.55 bits per heavy atom. The number of quaternary nitrogens is 1. The van der Waals surface area contributed by atoms with Crippen molar-refractivity contribution in [2.24, 2.45) is 0 Å². The largest absolute Gasteiger partial charge is 0.388 e. The summed E-state index contributed by atoms with van der Waals surface area (Å²) in [6.07, 6.45) is 0.320. The molecule has 4 heteroatoms. The Balaban J connectivity index is 1.99. The van der Waals surface area contributed by atoms with Gasteiger partial charge in [-0.15, -0.1) is 0 Å². The average molecular weight is 388 g/mol. The zero-order valence-electron chi connectivity index (χ0n) is 16.8. The van der Waals surface area contributed by atoms with Crippen LogP contribution >= 0.6 is 0 Å². The number of aryl methyl sites for hydroxylation is 1. The van der Waals surface area contributed by atoms with E-state index in [9.17, 15) is 9.59 Å². The smallest absolute Gasteiger partial charge is 0.323 e. The molecule has 0 saturated heterocycles. The quantitative estimate of drug-likeness (QED) is 0.490. The summed E-state index contributed by atoms with van der Waals surface area (Å²) in [6.45, 7) is 1.90. The number of hydrogen-bond acceptors (Lipinski definition) is 3. The van der Waals surface area contributed by atoms with E-state index in [-0.39, 0.29) is 16.2 Å². The number of rotatable bonds is 7. The summed E-state index contributed by atoms with van der Waals surface area (Å²) in [5.41, 5.74) is 4.29. The van der Waals surface area contributed by atoms with E-state index in [1.54, 1.807) is 18.2 Å². The van der Waals surface area contributed by atoms with Crippen molar-refractivity contribution in [3.05, 3.63) is 101 Å². The van der Waals surface area contributed by atoms with E-state index in [0.29, 0.717) is 18.5 Å². The highest BCUT2D eigenvalue weighted by Gasteiger charge is 2.34. The minimum atomic E-state index is -0.527. The Morgan fingerprint density at radius 3 is 2.24 bits per heavy atom. The first kappa shape index (κ1) is 20.6. The second-order valence-electron chi connectivity index (χ2n) is 7.53. The molecule has 1 atom stereocenters. The maximum atomic E-state index is 13.5. The van der Waals surface area contributed by atoms with Gasteiger partial charge in [0.05, 0.1) is 13.5 Å². The number of Topliss-reactive ketones (excluding diaryl/α,β-unsaturated/α-hetero) is 1. The van der Waals surface area contributed by atoms with Crippen molar-refractivity contribution in [2.75, 3.05) is 13.7 Å². The SMILES string of the molecule is Cc1cccc([N+](C)(Cc2cccc(C(=O)CO)c2)C(=O)Cc2ccccc2)c1. The third-order valence-electron chi connectivity index (χ3n) is 5.21. The van der Waals surface area contributed by atoms with Crippen LogP contribution in [0, 0.1) is 6.92 Å². The second kappa shape index (κ2) is 8.95. The molecule has 0 aliphatic heterocycles. The molecule has 3 aromatic carbocycles. The third-order valence-corrected chi connectivity index (χ3v) is 5.21. The van der Waals surface area contributed by atoms with Gasteiger partial charge in [0.1, 0.15) is 18.8 Å². The fraction of sp³-hybridized carbons (Fsp3) is 0.200. The lowest BCUT2D eigenvalue weighted by atomic mass is 10.0. The molecule has 0 aromatic heterocycles. The molecule has 3 rings (SSSR count). The first-order chi connectivity index (χ1) is 13.9. The summed E-state index contributed by atoms with van der Waals surface area (Å²) < 4.78 is 0.0906. The van der Waals surface area contributed by atoms with Crippen LogP contribution < -0.4 is 4.48 Å². The fourth-order valence-electron chi connectivity index (χ4n) is 3.50. The highest BCUT2D eigenvalue weighted by atomic mass is 16.3. The van der Waals surface area contributed by atoms with Crippen molar-refractivity contribution < 1.29 is 14.7 Å². The van der Waals surface area contributed by atoms with Crippen LogP contribution in [0.2, 0.25) is 0 Å². The molecule has 148 valence electrons. The van der Waals surface area contributed by atoms with Crippen molar-refractivity contribution in [3.8, 4) is 0 Å². The number of carbonyl (C=O) groups excluding carboxylic acids is 2. The minimum absolute atomic E-state index is 0.0701. The summed E-state index contributed by atoms with van der Waals surface area (Å²) in [6, 6.07) is 24.8. The first-order valence-electron chi connectivity index (χ1n) is 9.65. The summed E-state index contributed by atoms with van der Waals surface area (Å²) in [5, 5.41) is 9.16. The Bertz CT molecular complexity index is 1010. The number of hydrogen-bond donors (Lipinski definition) is 1. The Labute approximate surface area is 171 Å². The normalized spacial score (nSPS) is 12.9. The van der Waals surface area contributed by atoms with Crippen LogP contribution in [0.5, 0.6) is 0 Å². The molecule has 1 N–H and O–H groups in total. The van der Waals surface area contributed by atoms with Gasteiger partial charge in [0.15, 0.2) is 5.78 Å². The molecule has 0 aliphatic carbocycles. The molecule has 4 nitrogen and oxygen atoms in total. The van der Waals surface area contributed by atoms with Gasteiger partial charge in [0, 0.05) is 17.2 Å². The molecule has 0 radical (unpaired) electrons. The highest BCUT2D eigenvalue weighted by Crippen LogP contribution is 2.27. The molecule has 0 spiro atoms. The van der Waals surface area contributed by atoms with Crippen LogP contribution in [0.3, 0.4) is 0 Å². The van der Waals surface area contributed by atoms with Crippen LogP contribution in [-0.4, -0.2) is 30.5 Å². The standard InChI is InChI=1S/C25H26NO3/c1-19-8-6-13-23(14-19)26(2,25(29)16-20-9-4-3-5-10-20)17-21-11-7-12-22(15-21)24(28)18-27/h3-15,27H,16-18H2,1-2H3/q+1. The molecular formula is C25H26NO3+. The van der Waals surface area contributed by atoms with Gasteiger partial charge in [-0.2, -0.15) is 0 Å². The van der Waals surface area contributed by atoms with E-state index < -0.39 is 6.61 Å². The number of nitrogens with zero attached hydrogens (tertiary/aromatic N) is 1. The van der Waals surface area contributed by atoms with E-state index in [0.717, 1.165) is 22.4 Å². The van der Waals surface area contributed by atoms with Gasteiger partial charge < -0.3 is 5.11 Å². The summed E-state index contributed by atoms with van der Waals surface area (Å²) >= 11 is 0. The van der Waals surface area contributed by atoms with Crippen LogP contribution in [0.4, 0.5) is 5.69 Å². The summed E-state index contributed by atoms with van der Waals surface area (Å²) in [4.78, 5) is 25.4. The van der Waals surface area contributed by atoms with Crippen molar-refractivity contribution >= 4 is 17.4 Å². The highest BCUT2D eigenvalue weighted by molar-refractivity contribution is 5.97. The predicted octanol–water partition coefficient (Wildman–Crippen LogP) is 4.08. The lowest BCUT2D eigenvalue weighted by Crippen LogP contribution is -2.50. The van der Waals surface area contributed by atoms with Crippen LogP contribution in [0.1, 0.15) is 27.0 Å². The Hall–Kier alpha value is -3.08. The Morgan fingerprint density at radius 1 is 0.862 bits per heavy atom. The number of ketones is 1. The third kappa shape index (κ3) is 4.86. The molecule has 0 bridgehead atoms. The average Bonchev–Trinajstić information content (AvgIpc) is 2.74. The van der Waals surface area contributed by atoms with Crippen molar-refractivity contribution in [2.45, 2.75) is 19.9 Å². The van der Waals surface area contributed by atoms with Gasteiger partial charge in [0.25, 0.3) is 0 Å². The summed E-state index contributed by atoms with van der Waals surface area (Å²) in [5.74, 6) is -0.257.